The molecule has 13 rings (SSSR count). The Labute approximate surface area is 363 Å². The van der Waals surface area contributed by atoms with E-state index in [9.17, 15) is 11.8 Å². The highest BCUT2D eigenvalue weighted by atomic mass is 32.1. The lowest BCUT2D eigenvalue weighted by atomic mass is 9.88. The first-order chi connectivity index (χ1) is 30.7. The van der Waals surface area contributed by atoms with Crippen molar-refractivity contribution in [1.29, 1.82) is 5.26 Å². The Hall–Kier alpha value is -8.00. The number of hydrogen-bond donors (Lipinski definition) is 0. The van der Waals surface area contributed by atoms with Crippen LogP contribution in [-0.2, 0) is 0 Å². The molecule has 0 saturated carbocycles. The summed E-state index contributed by atoms with van der Waals surface area (Å²) in [7, 11) is 0. The molecule has 0 amide bonds. The van der Waals surface area contributed by atoms with Gasteiger partial charge in [0.2, 0.25) is 5.69 Å². The maximum absolute atomic E-state index is 11.9. The highest BCUT2D eigenvalue weighted by Gasteiger charge is 2.32. The van der Waals surface area contributed by atoms with Gasteiger partial charge in [-0.15, -0.1) is 22.7 Å². The van der Waals surface area contributed by atoms with Crippen molar-refractivity contribution in [2.75, 3.05) is 0 Å². The number of benzene rings is 9. The zero-order chi connectivity index (χ0) is 41.1. The molecule has 4 heterocycles. The van der Waals surface area contributed by atoms with E-state index in [4.69, 9.17) is 0 Å². The lowest BCUT2D eigenvalue weighted by molar-refractivity contribution is 1.14. The molecule has 0 aliphatic rings. The summed E-state index contributed by atoms with van der Waals surface area (Å²) >= 11 is 3.57. The van der Waals surface area contributed by atoms with Gasteiger partial charge in [0.1, 0.15) is 6.07 Å². The van der Waals surface area contributed by atoms with Crippen molar-refractivity contribution in [3.05, 3.63) is 199 Å². The first-order valence-corrected chi connectivity index (χ1v) is 22.2. The molecular formula is C56H30N4S2. The number of thiophene rings is 2. The van der Waals surface area contributed by atoms with Crippen LogP contribution >= 0.6 is 22.7 Å². The average molecular weight is 823 g/mol. The van der Waals surface area contributed by atoms with Crippen LogP contribution < -0.4 is 0 Å². The van der Waals surface area contributed by atoms with Gasteiger partial charge in [-0.2, -0.15) is 5.26 Å². The average Bonchev–Trinajstić information content (AvgIpc) is 4.06. The molecule has 9 aromatic carbocycles. The fourth-order valence-electron chi connectivity index (χ4n) is 9.99. The molecule has 0 N–H and O–H groups in total. The van der Waals surface area contributed by atoms with E-state index in [1.54, 1.807) is 22.7 Å². The van der Waals surface area contributed by atoms with E-state index in [1.807, 2.05) is 36.4 Å². The van der Waals surface area contributed by atoms with Gasteiger partial charge in [0.05, 0.1) is 45.6 Å². The number of hydrogen-bond acceptors (Lipinski definition) is 3. The first kappa shape index (κ1) is 34.8. The van der Waals surface area contributed by atoms with Crippen molar-refractivity contribution in [2.24, 2.45) is 0 Å². The lowest BCUT2D eigenvalue weighted by Gasteiger charge is -2.25. The highest BCUT2D eigenvalue weighted by molar-refractivity contribution is 7.26. The maximum atomic E-state index is 11.9. The Balaban J connectivity index is 1.26. The van der Waals surface area contributed by atoms with E-state index in [0.717, 1.165) is 76.3 Å². The van der Waals surface area contributed by atoms with Crippen LogP contribution in [0.1, 0.15) is 5.56 Å². The second-order valence-electron chi connectivity index (χ2n) is 15.8. The molecular weight excluding hydrogens is 793 g/mol. The second-order valence-corrected chi connectivity index (χ2v) is 17.9. The van der Waals surface area contributed by atoms with Crippen LogP contribution in [0.4, 0.5) is 5.69 Å². The first-order valence-electron chi connectivity index (χ1n) is 20.5. The standard InChI is InChI=1S/C56H30N4S2/c1-58-54-53(34-18-6-3-7-19-34)56(60-45-25-13-9-21-36(45)40-29-42-38-23-11-15-27-49(38)62-51(42)31-47(40)60)52(33-16-4-2-5-17-33)43(32-57)55(54)59-44-24-12-8-20-35(44)39-28-41-37-22-10-14-26-48(37)61-50(41)30-46(39)59/h2-31H. The third-order valence-electron chi connectivity index (χ3n) is 12.6. The molecule has 13 aromatic rings. The molecule has 286 valence electrons. The van der Waals surface area contributed by atoms with Gasteiger partial charge in [-0.1, -0.05) is 133 Å². The zero-order valence-electron chi connectivity index (χ0n) is 32.9. The Morgan fingerprint density at radius 2 is 0.839 bits per heavy atom. The van der Waals surface area contributed by atoms with Crippen LogP contribution in [0.2, 0.25) is 0 Å². The van der Waals surface area contributed by atoms with Crippen LogP contribution in [0.5, 0.6) is 0 Å². The van der Waals surface area contributed by atoms with Gasteiger partial charge in [0.25, 0.3) is 0 Å². The summed E-state index contributed by atoms with van der Waals surface area (Å²) < 4.78 is 9.36. The van der Waals surface area contributed by atoms with Gasteiger partial charge >= 0.3 is 0 Å². The highest BCUT2D eigenvalue weighted by Crippen LogP contribution is 2.53. The van der Waals surface area contributed by atoms with Gasteiger partial charge < -0.3 is 9.13 Å². The molecule has 0 fully saturated rings. The molecule has 4 nitrogen and oxygen atoms in total. The van der Waals surface area contributed by atoms with Crippen molar-refractivity contribution >= 4 is 112 Å². The minimum absolute atomic E-state index is 0.426. The summed E-state index contributed by atoms with van der Waals surface area (Å²) in [6, 6.07) is 66.7. The number of fused-ring (bicyclic) bond motifs is 12. The molecule has 0 aliphatic carbocycles. The minimum Gasteiger partial charge on any atom is -0.318 e. The molecule has 62 heavy (non-hydrogen) atoms. The SMILES string of the molecule is [C-]#[N+]c1c(-c2ccccc2)c(-n2c3ccccc3c3cc4c(cc32)sc2ccccc24)c(-c2ccccc2)c(C#N)c1-n1c2ccccc2c2cc3c(cc21)sc1ccccc13. The van der Waals surface area contributed by atoms with Crippen LogP contribution in [0.15, 0.2) is 182 Å². The summed E-state index contributed by atoms with van der Waals surface area (Å²) in [5.74, 6) is 0. The summed E-state index contributed by atoms with van der Waals surface area (Å²) in [6.07, 6.45) is 0. The molecule has 0 radical (unpaired) electrons. The van der Waals surface area contributed by atoms with Gasteiger partial charge in [-0.25, -0.2) is 4.85 Å². The minimum atomic E-state index is 0.426. The van der Waals surface area contributed by atoms with Crippen LogP contribution in [0.3, 0.4) is 0 Å². The Kier molecular flexibility index (Phi) is 7.44. The van der Waals surface area contributed by atoms with Crippen LogP contribution in [0, 0.1) is 17.9 Å². The number of nitriles is 1. The van der Waals surface area contributed by atoms with Crippen molar-refractivity contribution in [3.63, 3.8) is 0 Å². The predicted octanol–water partition coefficient (Wildman–Crippen LogP) is 16.4. The van der Waals surface area contributed by atoms with Crippen molar-refractivity contribution in [1.82, 2.24) is 9.13 Å². The van der Waals surface area contributed by atoms with Gasteiger partial charge in [-0.3, -0.25) is 0 Å². The molecule has 4 aromatic heterocycles. The molecule has 0 unspecified atom stereocenters. The van der Waals surface area contributed by atoms with Gasteiger partial charge in [0, 0.05) is 73.0 Å². The Morgan fingerprint density at radius 3 is 1.34 bits per heavy atom. The zero-order valence-corrected chi connectivity index (χ0v) is 34.6. The predicted molar refractivity (Wildman–Crippen MR) is 263 cm³/mol. The largest absolute Gasteiger partial charge is 0.318 e. The van der Waals surface area contributed by atoms with E-state index in [0.29, 0.717) is 16.9 Å². The topological polar surface area (TPSA) is 38.0 Å². The monoisotopic (exact) mass is 822 g/mol. The number of nitrogens with zero attached hydrogens (tertiary/aromatic N) is 4. The number of rotatable bonds is 4. The van der Waals surface area contributed by atoms with E-state index in [-0.39, 0.29) is 0 Å². The summed E-state index contributed by atoms with van der Waals surface area (Å²) in [5, 5.41) is 21.1. The fourth-order valence-corrected chi connectivity index (χ4v) is 12.2. The summed E-state index contributed by atoms with van der Waals surface area (Å²) in [5.41, 5.74) is 9.57. The van der Waals surface area contributed by atoms with E-state index >= 15 is 0 Å². The molecule has 0 atom stereocenters. The third kappa shape index (κ3) is 4.79. The van der Waals surface area contributed by atoms with Crippen LogP contribution in [-0.4, -0.2) is 9.13 Å². The van der Waals surface area contributed by atoms with Gasteiger partial charge in [0.15, 0.2) is 0 Å². The third-order valence-corrected chi connectivity index (χ3v) is 14.8. The van der Waals surface area contributed by atoms with E-state index in [2.05, 4.69) is 166 Å². The fraction of sp³-hybridized carbons (Fsp3) is 0. The molecule has 0 aliphatic heterocycles. The van der Waals surface area contributed by atoms with Crippen molar-refractivity contribution in [2.45, 2.75) is 0 Å². The normalized spacial score (nSPS) is 11.8. The Morgan fingerprint density at radius 1 is 0.403 bits per heavy atom. The molecule has 0 saturated heterocycles. The second kappa shape index (κ2) is 13.3. The quantitative estimate of drug-likeness (QED) is 0.163. The lowest BCUT2D eigenvalue weighted by Crippen LogP contribution is -2.08. The van der Waals surface area contributed by atoms with Crippen molar-refractivity contribution in [3.8, 4) is 39.7 Å². The number of aromatic nitrogens is 2. The number of para-hydroxylation sites is 2. The molecule has 0 bridgehead atoms. The van der Waals surface area contributed by atoms with Crippen LogP contribution in [0.25, 0.3) is 122 Å². The smallest absolute Gasteiger partial charge is 0.221 e. The van der Waals surface area contributed by atoms with Crippen molar-refractivity contribution < 1.29 is 0 Å². The van der Waals surface area contributed by atoms with E-state index < -0.39 is 0 Å². The maximum Gasteiger partial charge on any atom is 0.221 e. The summed E-state index contributed by atoms with van der Waals surface area (Å²) in [6.45, 7) is 9.26. The van der Waals surface area contributed by atoms with Gasteiger partial charge in [-0.05, 0) is 59.7 Å². The Bertz CT molecular complexity index is 4040. The molecule has 0 spiro atoms. The van der Waals surface area contributed by atoms with E-state index in [1.165, 1.54) is 35.6 Å². The summed E-state index contributed by atoms with van der Waals surface area (Å²) in [4.78, 5) is 4.54. The molecule has 6 heteroatoms.